The van der Waals surface area contributed by atoms with Crippen LogP contribution in [-0.4, -0.2) is 14.8 Å². The van der Waals surface area contributed by atoms with Crippen molar-refractivity contribution >= 4 is 11.3 Å². The lowest BCUT2D eigenvalue weighted by molar-refractivity contribution is 0.511. The van der Waals surface area contributed by atoms with Crippen LogP contribution in [0.2, 0.25) is 0 Å². The van der Waals surface area contributed by atoms with Crippen molar-refractivity contribution in [3.63, 3.8) is 0 Å². The number of nitrogens with one attached hydrogen (secondary N) is 1. The maximum atomic E-state index is 5.67. The van der Waals surface area contributed by atoms with Crippen LogP contribution in [0.25, 0.3) is 0 Å². The minimum Gasteiger partial charge on any atom is -0.273 e. The molecule has 3 N–H and O–H groups in total. The third kappa shape index (κ3) is 2.77. The lowest BCUT2D eigenvalue weighted by Gasteiger charge is -2.14. The fourth-order valence-corrected chi connectivity index (χ4v) is 3.12. The van der Waals surface area contributed by atoms with E-state index in [1.165, 1.54) is 10.6 Å². The van der Waals surface area contributed by atoms with Crippen molar-refractivity contribution in [3.05, 3.63) is 33.5 Å². The number of nitrogens with zero attached hydrogens (tertiary/aromatic N) is 3. The molecule has 0 radical (unpaired) electrons. The van der Waals surface area contributed by atoms with E-state index in [9.17, 15) is 0 Å². The number of aromatic nitrogens is 3. The highest BCUT2D eigenvalue weighted by molar-refractivity contribution is 7.11. The van der Waals surface area contributed by atoms with E-state index >= 15 is 0 Å². The summed E-state index contributed by atoms with van der Waals surface area (Å²) in [5, 5.41) is 5.26. The summed E-state index contributed by atoms with van der Waals surface area (Å²) in [5.74, 6) is 5.67. The quantitative estimate of drug-likeness (QED) is 0.637. The normalized spacial score (nSPS) is 12.9. The van der Waals surface area contributed by atoms with Crippen LogP contribution in [0.5, 0.6) is 0 Å². The molecule has 2 rings (SSSR count). The molecule has 6 heteroatoms. The van der Waals surface area contributed by atoms with Crippen molar-refractivity contribution in [3.8, 4) is 0 Å². The number of rotatable bonds is 5. The van der Waals surface area contributed by atoms with Gasteiger partial charge in [-0.15, -0.1) is 11.3 Å². The van der Waals surface area contributed by atoms with Gasteiger partial charge in [-0.2, -0.15) is 5.10 Å². The van der Waals surface area contributed by atoms with Crippen LogP contribution in [0, 0.1) is 13.8 Å². The third-order valence-electron chi connectivity index (χ3n) is 3.07. The molecule has 0 aliphatic rings. The van der Waals surface area contributed by atoms with E-state index in [-0.39, 0.29) is 6.04 Å². The van der Waals surface area contributed by atoms with Crippen molar-refractivity contribution in [1.29, 1.82) is 0 Å². The molecule has 2 heterocycles. The largest absolute Gasteiger partial charge is 0.273 e. The molecule has 1 atom stereocenters. The zero-order chi connectivity index (χ0) is 13.1. The predicted molar refractivity (Wildman–Crippen MR) is 73.2 cm³/mol. The molecule has 0 amide bonds. The smallest absolute Gasteiger partial charge is 0.0900 e. The van der Waals surface area contributed by atoms with Crippen LogP contribution in [-0.2, 0) is 13.5 Å². The van der Waals surface area contributed by atoms with E-state index in [2.05, 4.69) is 15.5 Å². The SMILES string of the molecule is Cc1nc(C)c(C(CCc2ccnn2C)NN)s1. The number of nitrogens with two attached hydrogens (primary N) is 1. The van der Waals surface area contributed by atoms with Gasteiger partial charge in [-0.05, 0) is 32.8 Å². The zero-order valence-electron chi connectivity index (χ0n) is 11.0. The van der Waals surface area contributed by atoms with Crippen LogP contribution >= 0.6 is 11.3 Å². The van der Waals surface area contributed by atoms with Gasteiger partial charge in [-0.25, -0.2) is 4.98 Å². The Labute approximate surface area is 111 Å². The molecule has 0 saturated heterocycles. The molecule has 0 spiro atoms. The van der Waals surface area contributed by atoms with Gasteiger partial charge in [0.2, 0.25) is 0 Å². The zero-order valence-corrected chi connectivity index (χ0v) is 11.8. The molecule has 98 valence electrons. The van der Waals surface area contributed by atoms with Crippen molar-refractivity contribution in [2.75, 3.05) is 0 Å². The average Bonchev–Trinajstić information content (AvgIpc) is 2.87. The molecule has 0 aromatic carbocycles. The lowest BCUT2D eigenvalue weighted by atomic mass is 10.1. The summed E-state index contributed by atoms with van der Waals surface area (Å²) in [6.07, 6.45) is 3.71. The second-order valence-corrected chi connectivity index (χ2v) is 5.62. The van der Waals surface area contributed by atoms with E-state index in [1.807, 2.05) is 37.8 Å². The van der Waals surface area contributed by atoms with Gasteiger partial charge in [0.15, 0.2) is 0 Å². The van der Waals surface area contributed by atoms with E-state index in [0.717, 1.165) is 23.5 Å². The summed E-state index contributed by atoms with van der Waals surface area (Å²) in [7, 11) is 1.96. The summed E-state index contributed by atoms with van der Waals surface area (Å²) >= 11 is 1.71. The molecule has 0 aliphatic heterocycles. The van der Waals surface area contributed by atoms with E-state index in [4.69, 9.17) is 5.84 Å². The molecular formula is C12H19N5S. The Morgan fingerprint density at radius 3 is 2.78 bits per heavy atom. The first kappa shape index (κ1) is 13.2. The Morgan fingerprint density at radius 1 is 1.50 bits per heavy atom. The average molecular weight is 265 g/mol. The van der Waals surface area contributed by atoms with Gasteiger partial charge < -0.3 is 0 Å². The van der Waals surface area contributed by atoms with Crippen molar-refractivity contribution in [2.24, 2.45) is 12.9 Å². The Balaban J connectivity index is 2.06. The highest BCUT2D eigenvalue weighted by atomic mass is 32.1. The van der Waals surface area contributed by atoms with E-state index in [1.54, 1.807) is 11.3 Å². The molecule has 0 saturated carbocycles. The highest BCUT2D eigenvalue weighted by Gasteiger charge is 2.16. The minimum atomic E-state index is 0.158. The van der Waals surface area contributed by atoms with Gasteiger partial charge in [0, 0.05) is 23.8 Å². The lowest BCUT2D eigenvalue weighted by Crippen LogP contribution is -2.28. The van der Waals surface area contributed by atoms with Crippen LogP contribution in [0.1, 0.15) is 33.7 Å². The highest BCUT2D eigenvalue weighted by Crippen LogP contribution is 2.27. The maximum Gasteiger partial charge on any atom is 0.0900 e. The topological polar surface area (TPSA) is 68.8 Å². The molecule has 2 aromatic heterocycles. The van der Waals surface area contributed by atoms with Gasteiger partial charge in [0.05, 0.1) is 16.7 Å². The summed E-state index contributed by atoms with van der Waals surface area (Å²) in [5.41, 5.74) is 5.19. The molecule has 1 unspecified atom stereocenters. The first-order chi connectivity index (χ1) is 8.61. The predicted octanol–water partition coefficient (Wildman–Crippen LogP) is 1.63. The number of thiazole rings is 1. The van der Waals surface area contributed by atoms with Gasteiger partial charge in [0.25, 0.3) is 0 Å². The molecule has 0 fully saturated rings. The Bertz CT molecular complexity index is 516. The van der Waals surface area contributed by atoms with E-state index < -0.39 is 0 Å². The second kappa shape index (κ2) is 5.60. The standard InChI is InChI=1S/C12H19N5S/c1-8-12(18-9(2)15-8)11(16-13)5-4-10-6-7-14-17(10)3/h6-7,11,16H,4-5,13H2,1-3H3. The molecule has 0 aliphatic carbocycles. The fourth-order valence-electron chi connectivity index (χ4n) is 2.10. The Morgan fingerprint density at radius 2 is 2.28 bits per heavy atom. The third-order valence-corrected chi connectivity index (χ3v) is 4.26. The number of aryl methyl sites for hydroxylation is 4. The van der Waals surface area contributed by atoms with Crippen LogP contribution < -0.4 is 11.3 Å². The number of hydrogen-bond donors (Lipinski definition) is 2. The second-order valence-electron chi connectivity index (χ2n) is 4.39. The monoisotopic (exact) mass is 265 g/mol. The molecule has 0 bridgehead atoms. The summed E-state index contributed by atoms with van der Waals surface area (Å²) in [4.78, 5) is 5.68. The van der Waals surface area contributed by atoms with Gasteiger partial charge in [-0.3, -0.25) is 16.0 Å². The molecule has 5 nitrogen and oxygen atoms in total. The molecule has 2 aromatic rings. The fraction of sp³-hybridized carbons (Fsp3) is 0.500. The molecule has 18 heavy (non-hydrogen) atoms. The van der Waals surface area contributed by atoms with Gasteiger partial charge in [-0.1, -0.05) is 0 Å². The van der Waals surface area contributed by atoms with Crippen molar-refractivity contribution in [1.82, 2.24) is 20.2 Å². The van der Waals surface area contributed by atoms with Crippen molar-refractivity contribution < 1.29 is 0 Å². The summed E-state index contributed by atoms with van der Waals surface area (Å²) < 4.78 is 1.90. The Hall–Kier alpha value is -1.24. The number of hydrogen-bond acceptors (Lipinski definition) is 5. The van der Waals surface area contributed by atoms with Gasteiger partial charge >= 0.3 is 0 Å². The van der Waals surface area contributed by atoms with Crippen molar-refractivity contribution in [2.45, 2.75) is 32.7 Å². The number of hydrazine groups is 1. The summed E-state index contributed by atoms with van der Waals surface area (Å²) in [6.45, 7) is 4.06. The van der Waals surface area contributed by atoms with Crippen LogP contribution in [0.15, 0.2) is 12.3 Å². The summed E-state index contributed by atoms with van der Waals surface area (Å²) in [6, 6.07) is 2.20. The molecular weight excluding hydrogens is 246 g/mol. The maximum absolute atomic E-state index is 5.67. The van der Waals surface area contributed by atoms with Gasteiger partial charge in [0.1, 0.15) is 0 Å². The van der Waals surface area contributed by atoms with Crippen LogP contribution in [0.3, 0.4) is 0 Å². The Kier molecular flexibility index (Phi) is 4.11. The first-order valence-corrected chi connectivity index (χ1v) is 6.80. The minimum absolute atomic E-state index is 0.158. The first-order valence-electron chi connectivity index (χ1n) is 5.98. The van der Waals surface area contributed by atoms with E-state index in [0.29, 0.717) is 0 Å². The van der Waals surface area contributed by atoms with Crippen LogP contribution in [0.4, 0.5) is 0 Å².